The number of hydrogen-bond donors (Lipinski definition) is 2. The topological polar surface area (TPSA) is 32.3 Å². The predicted molar refractivity (Wildman–Crippen MR) is 71.2 cm³/mol. The molecular weight excluding hydrogens is 253 g/mol. The van der Waals surface area contributed by atoms with Crippen molar-refractivity contribution in [1.82, 2.24) is 5.32 Å². The first-order valence-corrected chi connectivity index (χ1v) is 6.64. The molecule has 2 unspecified atom stereocenters. The Labute approximate surface area is 112 Å². The summed E-state index contributed by atoms with van der Waals surface area (Å²) in [6.07, 6.45) is 0. The van der Waals surface area contributed by atoms with Gasteiger partial charge in [0.1, 0.15) is 11.4 Å². The summed E-state index contributed by atoms with van der Waals surface area (Å²) in [6.45, 7) is 7.04. The van der Waals surface area contributed by atoms with E-state index in [9.17, 15) is 9.50 Å². The first-order chi connectivity index (χ1) is 8.37. The van der Waals surface area contributed by atoms with Crippen LogP contribution < -0.4 is 5.32 Å². The molecule has 2 rings (SSSR count). The van der Waals surface area contributed by atoms with Gasteiger partial charge in [-0.25, -0.2) is 4.39 Å². The van der Waals surface area contributed by atoms with Crippen LogP contribution in [0.5, 0.6) is 0 Å². The van der Waals surface area contributed by atoms with E-state index in [1.807, 2.05) is 13.8 Å². The lowest BCUT2D eigenvalue weighted by Crippen LogP contribution is -2.53. The predicted octanol–water partition coefficient (Wildman–Crippen LogP) is 2.85. The highest BCUT2D eigenvalue weighted by atomic mass is 35.5. The van der Waals surface area contributed by atoms with Crippen LogP contribution in [0.3, 0.4) is 0 Å². The Morgan fingerprint density at radius 3 is 2.39 bits per heavy atom. The van der Waals surface area contributed by atoms with Gasteiger partial charge in [0.25, 0.3) is 0 Å². The van der Waals surface area contributed by atoms with Crippen LogP contribution >= 0.6 is 11.6 Å². The summed E-state index contributed by atoms with van der Waals surface area (Å²) in [5.74, 6) is -0.505. The van der Waals surface area contributed by atoms with Gasteiger partial charge in [-0.3, -0.25) is 0 Å². The van der Waals surface area contributed by atoms with Crippen LogP contribution in [0.1, 0.15) is 25.0 Å². The lowest BCUT2D eigenvalue weighted by atomic mass is 9.70. The van der Waals surface area contributed by atoms with Crippen molar-refractivity contribution in [2.45, 2.75) is 26.4 Å². The van der Waals surface area contributed by atoms with E-state index in [4.69, 9.17) is 11.6 Å². The second kappa shape index (κ2) is 4.80. The standard InChI is InChI=1S/C14H19ClFNO/c1-8-4-11(15)5-12(16)13(8)14(18)9(2)6-17-7-10(14)3/h4-5,9-10,17-18H,6-7H2,1-3H3. The van der Waals surface area contributed by atoms with Crippen LogP contribution in [0, 0.1) is 24.6 Å². The van der Waals surface area contributed by atoms with E-state index in [1.54, 1.807) is 13.0 Å². The number of piperidine rings is 1. The zero-order valence-electron chi connectivity index (χ0n) is 10.9. The first-order valence-electron chi connectivity index (χ1n) is 6.26. The smallest absolute Gasteiger partial charge is 0.131 e. The summed E-state index contributed by atoms with van der Waals surface area (Å²) >= 11 is 5.85. The molecule has 0 amide bonds. The molecule has 1 aliphatic heterocycles. The van der Waals surface area contributed by atoms with Crippen LogP contribution in [0.4, 0.5) is 4.39 Å². The van der Waals surface area contributed by atoms with Crippen LogP contribution in [-0.2, 0) is 5.60 Å². The highest BCUT2D eigenvalue weighted by molar-refractivity contribution is 6.30. The average Bonchev–Trinajstić information content (AvgIpc) is 2.24. The molecule has 2 nitrogen and oxygen atoms in total. The van der Waals surface area contributed by atoms with Crippen molar-refractivity contribution >= 4 is 11.6 Å². The van der Waals surface area contributed by atoms with E-state index >= 15 is 0 Å². The zero-order valence-corrected chi connectivity index (χ0v) is 11.7. The van der Waals surface area contributed by atoms with E-state index in [0.717, 1.165) is 0 Å². The number of nitrogens with one attached hydrogen (secondary N) is 1. The molecule has 1 aliphatic rings. The van der Waals surface area contributed by atoms with Crippen molar-refractivity contribution in [1.29, 1.82) is 0 Å². The molecule has 0 aromatic heterocycles. The molecule has 1 saturated heterocycles. The van der Waals surface area contributed by atoms with Gasteiger partial charge in [0.2, 0.25) is 0 Å². The number of aryl methyl sites for hydroxylation is 1. The fourth-order valence-electron chi connectivity index (χ4n) is 3.02. The van der Waals surface area contributed by atoms with Crippen molar-refractivity contribution in [3.63, 3.8) is 0 Å². The highest BCUT2D eigenvalue weighted by Crippen LogP contribution is 2.42. The Hall–Kier alpha value is -0.640. The number of halogens is 2. The minimum atomic E-state index is -1.13. The molecule has 1 fully saturated rings. The molecule has 0 spiro atoms. The van der Waals surface area contributed by atoms with Gasteiger partial charge >= 0.3 is 0 Å². The molecule has 2 atom stereocenters. The summed E-state index contributed by atoms with van der Waals surface area (Å²) in [4.78, 5) is 0. The highest BCUT2D eigenvalue weighted by Gasteiger charge is 2.45. The third kappa shape index (κ3) is 2.04. The van der Waals surface area contributed by atoms with E-state index in [1.165, 1.54) is 6.07 Å². The Bertz CT molecular complexity index is 430. The summed E-state index contributed by atoms with van der Waals surface area (Å²) in [6, 6.07) is 2.99. The van der Waals surface area contributed by atoms with Gasteiger partial charge in [0.05, 0.1) is 0 Å². The quantitative estimate of drug-likeness (QED) is 0.823. The minimum absolute atomic E-state index is 0.0457. The summed E-state index contributed by atoms with van der Waals surface area (Å²) < 4.78 is 14.2. The maximum Gasteiger partial charge on any atom is 0.131 e. The van der Waals surface area contributed by atoms with E-state index in [2.05, 4.69) is 5.32 Å². The fraction of sp³-hybridized carbons (Fsp3) is 0.571. The molecular formula is C14H19ClFNO. The lowest BCUT2D eigenvalue weighted by molar-refractivity contribution is -0.0835. The van der Waals surface area contributed by atoms with Crippen molar-refractivity contribution in [3.8, 4) is 0 Å². The summed E-state index contributed by atoms with van der Waals surface area (Å²) in [5.41, 5.74) is -0.0270. The molecule has 2 N–H and O–H groups in total. The number of benzene rings is 1. The van der Waals surface area contributed by atoms with Gasteiger partial charge in [-0.05, 0) is 24.6 Å². The Morgan fingerprint density at radius 1 is 1.33 bits per heavy atom. The summed E-state index contributed by atoms with van der Waals surface area (Å²) in [5, 5.41) is 14.6. The summed E-state index contributed by atoms with van der Waals surface area (Å²) in [7, 11) is 0. The SMILES string of the molecule is Cc1cc(Cl)cc(F)c1C1(O)C(C)CNCC1C. The van der Waals surface area contributed by atoms with Gasteiger partial charge in [-0.15, -0.1) is 0 Å². The van der Waals surface area contributed by atoms with Gasteiger partial charge in [-0.2, -0.15) is 0 Å². The lowest BCUT2D eigenvalue weighted by Gasteiger charge is -2.44. The van der Waals surface area contributed by atoms with Gasteiger partial charge in [0, 0.05) is 35.5 Å². The first kappa shape index (κ1) is 13.8. The zero-order chi connectivity index (χ0) is 13.5. The van der Waals surface area contributed by atoms with Gasteiger partial charge < -0.3 is 10.4 Å². The van der Waals surface area contributed by atoms with Crippen LogP contribution in [0.25, 0.3) is 0 Å². The molecule has 0 radical (unpaired) electrons. The third-order valence-electron chi connectivity index (χ3n) is 4.06. The second-order valence-corrected chi connectivity index (χ2v) is 5.80. The van der Waals surface area contributed by atoms with Crippen LogP contribution in [-0.4, -0.2) is 18.2 Å². The third-order valence-corrected chi connectivity index (χ3v) is 4.27. The minimum Gasteiger partial charge on any atom is -0.384 e. The molecule has 1 aromatic carbocycles. The average molecular weight is 272 g/mol. The fourth-order valence-corrected chi connectivity index (χ4v) is 3.27. The maximum atomic E-state index is 14.2. The van der Waals surface area contributed by atoms with Gasteiger partial charge in [-0.1, -0.05) is 25.4 Å². The molecule has 0 bridgehead atoms. The number of aliphatic hydroxyl groups is 1. The molecule has 1 heterocycles. The van der Waals surface area contributed by atoms with Crippen LogP contribution in [0.2, 0.25) is 5.02 Å². The second-order valence-electron chi connectivity index (χ2n) is 5.37. The molecule has 0 aliphatic carbocycles. The van der Waals surface area contributed by atoms with E-state index < -0.39 is 11.4 Å². The van der Waals surface area contributed by atoms with Crippen molar-refractivity contribution < 1.29 is 9.50 Å². The van der Waals surface area contributed by atoms with Crippen molar-refractivity contribution in [2.75, 3.05) is 13.1 Å². The van der Waals surface area contributed by atoms with E-state index in [-0.39, 0.29) is 11.8 Å². The van der Waals surface area contributed by atoms with Crippen molar-refractivity contribution in [2.24, 2.45) is 11.8 Å². The van der Waals surface area contributed by atoms with E-state index in [0.29, 0.717) is 29.2 Å². The molecule has 100 valence electrons. The Morgan fingerprint density at radius 2 is 1.89 bits per heavy atom. The normalized spacial score (nSPS) is 32.6. The van der Waals surface area contributed by atoms with Crippen molar-refractivity contribution in [3.05, 3.63) is 34.1 Å². The molecule has 4 heteroatoms. The number of hydrogen-bond acceptors (Lipinski definition) is 2. The Balaban J connectivity index is 2.58. The molecule has 18 heavy (non-hydrogen) atoms. The molecule has 1 aromatic rings. The largest absolute Gasteiger partial charge is 0.384 e. The van der Waals surface area contributed by atoms with Gasteiger partial charge in [0.15, 0.2) is 0 Å². The maximum absolute atomic E-state index is 14.2. The Kier molecular flexibility index (Phi) is 3.67. The van der Waals surface area contributed by atoms with Crippen LogP contribution in [0.15, 0.2) is 12.1 Å². The monoisotopic (exact) mass is 271 g/mol. The number of rotatable bonds is 1. The molecule has 0 saturated carbocycles.